The fraction of sp³-hybridized carbons (Fsp3) is 0.353. The first-order valence-electron chi connectivity index (χ1n) is 7.75. The molecule has 3 N–H and O–H groups in total. The van der Waals surface area contributed by atoms with Crippen LogP contribution in [0, 0.1) is 13.8 Å². The second-order valence-electron chi connectivity index (χ2n) is 5.95. The molecule has 1 saturated heterocycles. The summed E-state index contributed by atoms with van der Waals surface area (Å²) in [7, 11) is 0. The maximum absolute atomic E-state index is 11.0. The van der Waals surface area contributed by atoms with Crippen molar-refractivity contribution in [1.82, 2.24) is 9.47 Å². The molecule has 1 fully saturated rings. The van der Waals surface area contributed by atoms with Gasteiger partial charge in [0.1, 0.15) is 0 Å². The zero-order chi connectivity index (χ0) is 16.6. The SMILES string of the molecule is Cc1ccc(C)n1-c1cc(N2CCN(C(=O)O)CC2)ccc1N. The molecule has 1 amide bonds. The van der Waals surface area contributed by atoms with Crippen LogP contribution in [-0.4, -0.2) is 46.8 Å². The lowest BCUT2D eigenvalue weighted by atomic mass is 10.2. The molecule has 0 saturated carbocycles. The van der Waals surface area contributed by atoms with Gasteiger partial charge in [0.05, 0.1) is 11.4 Å². The molecule has 23 heavy (non-hydrogen) atoms. The lowest BCUT2D eigenvalue weighted by Crippen LogP contribution is -2.48. The summed E-state index contributed by atoms with van der Waals surface area (Å²) in [5.41, 5.74) is 11.3. The van der Waals surface area contributed by atoms with Gasteiger partial charge < -0.3 is 25.2 Å². The van der Waals surface area contributed by atoms with Crippen molar-refractivity contribution in [2.75, 3.05) is 36.8 Å². The van der Waals surface area contributed by atoms with E-state index >= 15 is 0 Å². The van der Waals surface area contributed by atoms with Crippen LogP contribution in [0.3, 0.4) is 0 Å². The summed E-state index contributed by atoms with van der Waals surface area (Å²) < 4.78 is 2.15. The van der Waals surface area contributed by atoms with Crippen molar-refractivity contribution < 1.29 is 9.90 Å². The quantitative estimate of drug-likeness (QED) is 0.835. The van der Waals surface area contributed by atoms with Gasteiger partial charge in [-0.15, -0.1) is 0 Å². The maximum Gasteiger partial charge on any atom is 0.407 e. The van der Waals surface area contributed by atoms with Gasteiger partial charge in [0.2, 0.25) is 0 Å². The van der Waals surface area contributed by atoms with E-state index in [-0.39, 0.29) is 0 Å². The number of piperazine rings is 1. The Morgan fingerprint density at radius 3 is 2.22 bits per heavy atom. The monoisotopic (exact) mass is 314 g/mol. The standard InChI is InChI=1S/C17H22N4O2/c1-12-3-4-13(2)21(12)16-11-14(5-6-15(16)18)19-7-9-20(10-8-19)17(22)23/h3-6,11H,7-10,18H2,1-2H3,(H,22,23). The lowest BCUT2D eigenvalue weighted by molar-refractivity contribution is 0.142. The zero-order valence-electron chi connectivity index (χ0n) is 13.5. The minimum atomic E-state index is -0.846. The summed E-state index contributed by atoms with van der Waals surface area (Å²) in [5.74, 6) is 0. The first-order chi connectivity index (χ1) is 11.0. The fourth-order valence-electron chi connectivity index (χ4n) is 3.13. The number of hydrogen-bond donors (Lipinski definition) is 2. The van der Waals surface area contributed by atoms with Gasteiger partial charge in [0.25, 0.3) is 0 Å². The van der Waals surface area contributed by atoms with Crippen LogP contribution in [0.4, 0.5) is 16.2 Å². The predicted molar refractivity (Wildman–Crippen MR) is 91.5 cm³/mol. The molecule has 3 rings (SSSR count). The van der Waals surface area contributed by atoms with Crippen LogP contribution >= 0.6 is 0 Å². The Hall–Kier alpha value is -2.63. The highest BCUT2D eigenvalue weighted by molar-refractivity contribution is 5.68. The number of aryl methyl sites for hydroxylation is 2. The number of nitrogen functional groups attached to an aromatic ring is 1. The molecule has 0 atom stereocenters. The summed E-state index contributed by atoms with van der Waals surface area (Å²) >= 11 is 0. The molecule has 0 aliphatic carbocycles. The van der Waals surface area contributed by atoms with E-state index in [2.05, 4.69) is 41.5 Å². The average molecular weight is 314 g/mol. The van der Waals surface area contributed by atoms with E-state index in [1.807, 2.05) is 12.1 Å². The van der Waals surface area contributed by atoms with E-state index in [0.717, 1.165) is 28.5 Å². The molecule has 0 bridgehead atoms. The van der Waals surface area contributed by atoms with Crippen LogP contribution in [0.5, 0.6) is 0 Å². The molecule has 0 radical (unpaired) electrons. The third-order valence-electron chi connectivity index (χ3n) is 4.44. The van der Waals surface area contributed by atoms with Crippen LogP contribution in [0.1, 0.15) is 11.4 Å². The number of aromatic nitrogens is 1. The Labute approximate surface area is 135 Å². The van der Waals surface area contributed by atoms with Gasteiger partial charge in [-0.2, -0.15) is 0 Å². The molecular weight excluding hydrogens is 292 g/mol. The van der Waals surface area contributed by atoms with Gasteiger partial charge in [0.15, 0.2) is 0 Å². The number of carboxylic acid groups (broad SMARTS) is 1. The summed E-state index contributed by atoms with van der Waals surface area (Å²) in [4.78, 5) is 14.7. The van der Waals surface area contributed by atoms with Crippen LogP contribution in [-0.2, 0) is 0 Å². The van der Waals surface area contributed by atoms with E-state index in [1.54, 1.807) is 0 Å². The molecule has 1 aromatic heterocycles. The van der Waals surface area contributed by atoms with E-state index in [0.29, 0.717) is 26.2 Å². The van der Waals surface area contributed by atoms with E-state index < -0.39 is 6.09 Å². The number of nitrogens with two attached hydrogens (primary N) is 1. The van der Waals surface area contributed by atoms with Gasteiger partial charge in [-0.1, -0.05) is 0 Å². The number of amides is 1. The second-order valence-corrected chi connectivity index (χ2v) is 5.95. The zero-order valence-corrected chi connectivity index (χ0v) is 13.5. The smallest absolute Gasteiger partial charge is 0.407 e. The number of hydrogen-bond acceptors (Lipinski definition) is 3. The fourth-order valence-corrected chi connectivity index (χ4v) is 3.13. The molecular formula is C17H22N4O2. The molecule has 122 valence electrons. The number of nitrogens with zero attached hydrogens (tertiary/aromatic N) is 3. The van der Waals surface area contributed by atoms with Gasteiger partial charge >= 0.3 is 6.09 Å². The first-order valence-corrected chi connectivity index (χ1v) is 7.75. The van der Waals surface area contributed by atoms with E-state index in [1.165, 1.54) is 4.90 Å². The first kappa shape index (κ1) is 15.3. The molecule has 0 spiro atoms. The molecule has 1 aliphatic heterocycles. The van der Waals surface area contributed by atoms with E-state index in [9.17, 15) is 4.79 Å². The number of rotatable bonds is 2. The molecule has 2 aromatic rings. The molecule has 1 aromatic carbocycles. The van der Waals surface area contributed by atoms with Crippen LogP contribution in [0.15, 0.2) is 30.3 Å². The van der Waals surface area contributed by atoms with Crippen molar-refractivity contribution in [1.29, 1.82) is 0 Å². The number of carbonyl (C=O) groups is 1. The van der Waals surface area contributed by atoms with Crippen molar-refractivity contribution in [2.45, 2.75) is 13.8 Å². The van der Waals surface area contributed by atoms with Gasteiger partial charge in [-0.05, 0) is 44.2 Å². The highest BCUT2D eigenvalue weighted by Gasteiger charge is 2.21. The highest BCUT2D eigenvalue weighted by Crippen LogP contribution is 2.28. The minimum Gasteiger partial charge on any atom is -0.465 e. The topological polar surface area (TPSA) is 74.7 Å². The van der Waals surface area contributed by atoms with Gasteiger partial charge in [-0.25, -0.2) is 4.79 Å². The predicted octanol–water partition coefficient (Wildman–Crippen LogP) is 2.48. The molecule has 1 aliphatic rings. The Bertz CT molecular complexity index is 711. The normalized spacial score (nSPS) is 15.0. The Morgan fingerprint density at radius 1 is 1.04 bits per heavy atom. The van der Waals surface area contributed by atoms with Crippen molar-refractivity contribution in [2.24, 2.45) is 0 Å². The van der Waals surface area contributed by atoms with Gasteiger partial charge in [-0.3, -0.25) is 0 Å². The molecule has 0 unspecified atom stereocenters. The Morgan fingerprint density at radius 2 is 1.65 bits per heavy atom. The summed E-state index contributed by atoms with van der Waals surface area (Å²) in [6.45, 7) is 6.56. The van der Waals surface area contributed by atoms with Crippen LogP contribution in [0.25, 0.3) is 5.69 Å². The van der Waals surface area contributed by atoms with Crippen LogP contribution < -0.4 is 10.6 Å². The van der Waals surface area contributed by atoms with E-state index in [4.69, 9.17) is 10.8 Å². The number of anilines is 2. The second kappa shape index (κ2) is 5.87. The van der Waals surface area contributed by atoms with Crippen molar-refractivity contribution >= 4 is 17.5 Å². The van der Waals surface area contributed by atoms with Crippen molar-refractivity contribution in [3.05, 3.63) is 41.7 Å². The summed E-state index contributed by atoms with van der Waals surface area (Å²) in [6.07, 6.45) is -0.846. The van der Waals surface area contributed by atoms with Crippen molar-refractivity contribution in [3.8, 4) is 5.69 Å². The Kier molecular flexibility index (Phi) is 3.90. The average Bonchev–Trinajstić information content (AvgIpc) is 2.87. The molecule has 6 nitrogen and oxygen atoms in total. The third-order valence-corrected chi connectivity index (χ3v) is 4.44. The summed E-state index contributed by atoms with van der Waals surface area (Å²) in [6, 6.07) is 10.2. The maximum atomic E-state index is 11.0. The van der Waals surface area contributed by atoms with Crippen molar-refractivity contribution in [3.63, 3.8) is 0 Å². The van der Waals surface area contributed by atoms with Gasteiger partial charge in [0, 0.05) is 43.3 Å². The summed E-state index contributed by atoms with van der Waals surface area (Å²) in [5, 5.41) is 9.05. The molecule has 2 heterocycles. The minimum absolute atomic E-state index is 0.524. The lowest BCUT2D eigenvalue weighted by Gasteiger charge is -2.35. The third kappa shape index (κ3) is 2.84. The molecule has 6 heteroatoms. The Balaban J connectivity index is 1.89. The van der Waals surface area contributed by atoms with Crippen LogP contribution in [0.2, 0.25) is 0 Å². The number of benzene rings is 1. The largest absolute Gasteiger partial charge is 0.465 e. The highest BCUT2D eigenvalue weighted by atomic mass is 16.4.